The average Bonchev–Trinajstić information content (AvgIpc) is 3.48. The molecule has 1 aliphatic rings. The van der Waals surface area contributed by atoms with E-state index in [4.69, 9.17) is 9.47 Å². The zero-order valence-electron chi connectivity index (χ0n) is 15.5. The molecule has 0 saturated carbocycles. The summed E-state index contributed by atoms with van der Waals surface area (Å²) in [6.45, 7) is 3.84. The Labute approximate surface area is 167 Å². The largest absolute Gasteiger partial charge is 0.462 e. The summed E-state index contributed by atoms with van der Waals surface area (Å²) in [5, 5.41) is 7.81. The van der Waals surface area contributed by atoms with Crippen molar-refractivity contribution in [2.75, 3.05) is 18.7 Å². The number of benzene rings is 1. The lowest BCUT2D eigenvalue weighted by molar-refractivity contribution is 0.0739. The van der Waals surface area contributed by atoms with E-state index < -0.39 is 0 Å². The first-order valence-electron chi connectivity index (χ1n) is 8.99. The van der Waals surface area contributed by atoms with Crippen LogP contribution in [0.15, 0.2) is 61.1 Å². The molecule has 3 heterocycles. The van der Waals surface area contributed by atoms with Gasteiger partial charge >= 0.3 is 0 Å². The monoisotopic (exact) mass is 398 g/mol. The molecule has 2 aromatic heterocycles. The summed E-state index contributed by atoms with van der Waals surface area (Å²) in [5.74, 6) is 1.44. The lowest BCUT2D eigenvalue weighted by Gasteiger charge is -2.31. The van der Waals surface area contributed by atoms with E-state index in [0.717, 1.165) is 17.4 Å². The van der Waals surface area contributed by atoms with E-state index >= 15 is 0 Å². The number of nitrogens with one attached hydrogen (secondary N) is 2. The van der Waals surface area contributed by atoms with Crippen LogP contribution in [-0.4, -0.2) is 37.8 Å². The number of imidazole rings is 1. The second-order valence-electron chi connectivity index (χ2n) is 6.81. The Bertz CT molecular complexity index is 912. The summed E-state index contributed by atoms with van der Waals surface area (Å²) in [4.78, 5) is 8.56. The van der Waals surface area contributed by atoms with Crippen LogP contribution in [0.1, 0.15) is 18.9 Å². The van der Waals surface area contributed by atoms with Gasteiger partial charge in [-0.25, -0.2) is 4.98 Å². The van der Waals surface area contributed by atoms with Gasteiger partial charge in [-0.15, -0.1) is 0 Å². The molecular weight excluding hydrogens is 376 g/mol. The first kappa shape index (κ1) is 18.5. The second-order valence-corrected chi connectivity index (χ2v) is 7.56. The Hall–Kier alpha value is -2.91. The van der Waals surface area contributed by atoms with Crippen molar-refractivity contribution in [3.63, 3.8) is 0 Å². The molecule has 146 valence electrons. The van der Waals surface area contributed by atoms with Crippen LogP contribution in [0.3, 0.4) is 0 Å². The Morgan fingerprint density at radius 2 is 2.18 bits per heavy atom. The van der Waals surface area contributed by atoms with Crippen molar-refractivity contribution in [3.05, 3.63) is 66.6 Å². The number of anilines is 1. The van der Waals surface area contributed by atoms with Crippen molar-refractivity contribution in [2.24, 2.45) is 0 Å². The van der Waals surface area contributed by atoms with Gasteiger partial charge in [0.2, 0.25) is 17.9 Å². The van der Waals surface area contributed by atoms with Gasteiger partial charge in [0.25, 0.3) is 0 Å². The molecular formula is C19H22N6O2S. The van der Waals surface area contributed by atoms with Crippen LogP contribution in [-0.2, 0) is 16.0 Å². The molecule has 1 unspecified atom stereocenters. The Morgan fingerprint density at radius 1 is 1.29 bits per heavy atom. The summed E-state index contributed by atoms with van der Waals surface area (Å²) in [6.07, 6.45) is 7.59. The van der Waals surface area contributed by atoms with Gasteiger partial charge in [0.05, 0.1) is 0 Å². The Kier molecular flexibility index (Phi) is 5.54. The van der Waals surface area contributed by atoms with E-state index in [-0.39, 0.29) is 12.3 Å². The van der Waals surface area contributed by atoms with Crippen molar-refractivity contribution in [1.29, 1.82) is 0 Å². The van der Waals surface area contributed by atoms with Gasteiger partial charge in [-0.2, -0.15) is 9.36 Å². The minimum Gasteiger partial charge on any atom is -0.462 e. The fourth-order valence-electron chi connectivity index (χ4n) is 2.89. The highest BCUT2D eigenvalue weighted by Crippen LogP contribution is 2.23. The van der Waals surface area contributed by atoms with E-state index in [0.29, 0.717) is 18.9 Å². The maximum absolute atomic E-state index is 5.54. The molecule has 0 spiro atoms. The molecule has 9 heteroatoms. The number of hydrogen-bond acceptors (Lipinski definition) is 8. The zero-order chi connectivity index (χ0) is 19.2. The highest BCUT2D eigenvalue weighted by atomic mass is 32.1. The topological polar surface area (TPSA) is 86.1 Å². The summed E-state index contributed by atoms with van der Waals surface area (Å²) in [7, 11) is 0. The lowest BCUT2D eigenvalue weighted by atomic mass is 9.96. The fourth-order valence-corrected chi connectivity index (χ4v) is 3.45. The molecule has 1 aliphatic heterocycles. The van der Waals surface area contributed by atoms with Crippen LogP contribution in [0.25, 0.3) is 5.95 Å². The minimum atomic E-state index is -0.268. The summed E-state index contributed by atoms with van der Waals surface area (Å²) in [5.41, 5.74) is 0.959. The number of rotatable bonds is 9. The van der Waals surface area contributed by atoms with E-state index in [1.807, 2.05) is 24.4 Å². The van der Waals surface area contributed by atoms with Crippen LogP contribution in [0.5, 0.6) is 0 Å². The number of nitrogens with zero attached hydrogens (tertiary/aromatic N) is 4. The van der Waals surface area contributed by atoms with Crippen molar-refractivity contribution in [1.82, 2.24) is 24.2 Å². The van der Waals surface area contributed by atoms with E-state index in [1.54, 1.807) is 23.4 Å². The molecule has 0 radical (unpaired) electrons. The molecule has 1 aromatic carbocycles. The normalized spacial score (nSPS) is 15.4. The van der Waals surface area contributed by atoms with Crippen LogP contribution >= 0.6 is 11.5 Å². The highest BCUT2D eigenvalue weighted by molar-refractivity contribution is 7.09. The third kappa shape index (κ3) is 4.68. The van der Waals surface area contributed by atoms with Crippen LogP contribution < -0.4 is 10.6 Å². The van der Waals surface area contributed by atoms with Crippen molar-refractivity contribution in [2.45, 2.75) is 25.4 Å². The highest BCUT2D eigenvalue weighted by Gasteiger charge is 2.28. The van der Waals surface area contributed by atoms with Crippen molar-refractivity contribution >= 4 is 16.7 Å². The quantitative estimate of drug-likeness (QED) is 0.573. The number of aromatic nitrogens is 4. The number of ether oxygens (including phenoxy) is 2. The molecule has 4 rings (SSSR count). The average molecular weight is 398 g/mol. The molecule has 28 heavy (non-hydrogen) atoms. The van der Waals surface area contributed by atoms with E-state index in [9.17, 15) is 0 Å². The molecule has 0 fully saturated rings. The molecule has 3 aromatic rings. The first-order chi connectivity index (χ1) is 13.7. The standard InChI is InChI=1S/C19H22N6O2S/c1-19(9-16-11-26-14-27-16,22-10-15-5-3-2-4-6-15)12-21-18-23-17(24-28-18)25-8-7-20-13-25/h2-8,11,13,22H,9-10,12,14H2,1H3,(H,21,23,24). The zero-order valence-corrected chi connectivity index (χ0v) is 16.4. The molecule has 0 aliphatic carbocycles. The molecule has 0 bridgehead atoms. The van der Waals surface area contributed by atoms with Crippen LogP contribution in [0.4, 0.5) is 5.13 Å². The third-order valence-corrected chi connectivity index (χ3v) is 5.10. The number of hydrogen-bond donors (Lipinski definition) is 2. The predicted octanol–water partition coefficient (Wildman–Crippen LogP) is 2.92. The molecule has 0 saturated heterocycles. The maximum Gasteiger partial charge on any atom is 0.248 e. The Morgan fingerprint density at radius 3 is 2.93 bits per heavy atom. The van der Waals surface area contributed by atoms with Crippen molar-refractivity contribution < 1.29 is 9.47 Å². The fraction of sp³-hybridized carbons (Fsp3) is 0.316. The minimum absolute atomic E-state index is 0.268. The third-order valence-electron chi connectivity index (χ3n) is 4.43. The summed E-state index contributed by atoms with van der Waals surface area (Å²) in [6, 6.07) is 10.3. The second kappa shape index (κ2) is 8.41. The summed E-state index contributed by atoms with van der Waals surface area (Å²) >= 11 is 1.33. The molecule has 1 atom stereocenters. The molecule has 0 amide bonds. The van der Waals surface area contributed by atoms with E-state index in [1.165, 1.54) is 17.1 Å². The predicted molar refractivity (Wildman–Crippen MR) is 107 cm³/mol. The smallest absolute Gasteiger partial charge is 0.248 e. The SMILES string of the molecule is CC(CNc1nc(-n2ccnc2)ns1)(CC1=COCO1)NCc1ccccc1. The van der Waals surface area contributed by atoms with Gasteiger partial charge < -0.3 is 20.1 Å². The van der Waals surface area contributed by atoms with E-state index in [2.05, 4.69) is 44.0 Å². The van der Waals surface area contributed by atoms with Gasteiger partial charge in [0, 0.05) is 49.0 Å². The van der Waals surface area contributed by atoms with Crippen molar-refractivity contribution in [3.8, 4) is 5.95 Å². The summed E-state index contributed by atoms with van der Waals surface area (Å²) < 4.78 is 16.9. The van der Waals surface area contributed by atoms with Gasteiger partial charge in [0.1, 0.15) is 18.3 Å². The first-order valence-corrected chi connectivity index (χ1v) is 9.76. The molecule has 2 N–H and O–H groups in total. The van der Waals surface area contributed by atoms with Gasteiger partial charge in [-0.3, -0.25) is 4.57 Å². The van der Waals surface area contributed by atoms with Gasteiger partial charge in [-0.1, -0.05) is 30.3 Å². The molecule has 8 nitrogen and oxygen atoms in total. The van der Waals surface area contributed by atoms with Gasteiger partial charge in [0.15, 0.2) is 0 Å². The Balaban J connectivity index is 1.42. The van der Waals surface area contributed by atoms with Crippen LogP contribution in [0.2, 0.25) is 0 Å². The van der Waals surface area contributed by atoms with Crippen LogP contribution in [0, 0.1) is 0 Å². The lowest BCUT2D eigenvalue weighted by Crippen LogP contribution is -2.48. The van der Waals surface area contributed by atoms with Gasteiger partial charge in [-0.05, 0) is 12.5 Å². The maximum atomic E-state index is 5.54.